The molecule has 3 rings (SSSR count). The highest BCUT2D eigenvalue weighted by Gasteiger charge is 2.81. The molecule has 3 heterocycles. The van der Waals surface area contributed by atoms with Gasteiger partial charge in [0.1, 0.15) is 16.5 Å². The summed E-state index contributed by atoms with van der Waals surface area (Å²) in [5.41, 5.74) is -1.23. The molecule has 5 unspecified atom stereocenters. The Kier molecular flexibility index (Phi) is 1.56. The number of hydrogen-bond acceptors (Lipinski definition) is 5. The molecule has 0 spiro atoms. The fourth-order valence-electron chi connectivity index (χ4n) is 3.34. The third-order valence-corrected chi connectivity index (χ3v) is 7.35. The van der Waals surface area contributed by atoms with E-state index in [2.05, 4.69) is 12.6 Å². The van der Waals surface area contributed by atoms with Crippen LogP contribution in [0.4, 0.5) is 0 Å². The van der Waals surface area contributed by atoms with Crippen molar-refractivity contribution in [3.8, 4) is 0 Å². The monoisotopic (exact) mass is 250 g/mol. The van der Waals surface area contributed by atoms with Crippen LogP contribution in [0.5, 0.6) is 0 Å². The van der Waals surface area contributed by atoms with Crippen LogP contribution < -0.4 is 0 Å². The van der Waals surface area contributed by atoms with E-state index in [-0.39, 0.29) is 5.25 Å². The lowest BCUT2D eigenvalue weighted by atomic mass is 9.73. The topological polar surface area (TPSA) is 52.6 Å². The van der Waals surface area contributed by atoms with Crippen molar-refractivity contribution >= 4 is 22.7 Å². The first kappa shape index (κ1) is 10.4. The maximum absolute atomic E-state index is 12.0. The average molecular weight is 250 g/mol. The molecule has 0 aromatic rings. The Balaban J connectivity index is 2.29. The molecule has 3 aliphatic rings. The van der Waals surface area contributed by atoms with Crippen molar-refractivity contribution in [1.82, 2.24) is 0 Å². The zero-order valence-electron chi connectivity index (χ0n) is 8.85. The molecule has 5 atom stereocenters. The summed E-state index contributed by atoms with van der Waals surface area (Å²) in [6.07, 6.45) is 0.0123. The van der Waals surface area contributed by atoms with E-state index in [9.17, 15) is 8.42 Å². The molecule has 3 saturated heterocycles. The van der Waals surface area contributed by atoms with E-state index in [1.54, 1.807) is 6.92 Å². The summed E-state index contributed by atoms with van der Waals surface area (Å²) in [4.78, 5) is 0. The van der Waals surface area contributed by atoms with Gasteiger partial charge in [-0.15, -0.1) is 0 Å². The second-order valence-corrected chi connectivity index (χ2v) is 7.90. The predicted molar refractivity (Wildman–Crippen MR) is 57.5 cm³/mol. The van der Waals surface area contributed by atoms with Gasteiger partial charge in [-0.2, -0.15) is 21.0 Å². The van der Waals surface area contributed by atoms with Crippen LogP contribution in [0.25, 0.3) is 0 Å². The fraction of sp³-hybridized carbons (Fsp3) is 1.00. The maximum Gasteiger partial charge on any atom is 0.276 e. The lowest BCUT2D eigenvalue weighted by Crippen LogP contribution is -2.54. The van der Waals surface area contributed by atoms with Crippen LogP contribution in [-0.4, -0.2) is 35.7 Å². The van der Waals surface area contributed by atoms with E-state index in [1.165, 1.54) is 0 Å². The Morgan fingerprint density at radius 1 is 1.33 bits per heavy atom. The van der Waals surface area contributed by atoms with E-state index >= 15 is 0 Å². The first-order valence-electron chi connectivity index (χ1n) is 4.97. The molecule has 6 heteroatoms. The molecule has 0 saturated carbocycles. The Labute approximate surface area is 94.9 Å². The van der Waals surface area contributed by atoms with Crippen molar-refractivity contribution in [1.29, 1.82) is 0 Å². The standard InChI is InChI=1S/C9H14O4S2/c1-7-4-8(2)9(3,13-7)5(6(7)14)12-15(8,10)11/h5-6,14H,4H2,1-3H3. The fourth-order valence-corrected chi connectivity index (χ4v) is 5.81. The van der Waals surface area contributed by atoms with Gasteiger partial charge in [-0.1, -0.05) is 0 Å². The maximum atomic E-state index is 12.0. The summed E-state index contributed by atoms with van der Waals surface area (Å²) in [5.74, 6) is 0. The van der Waals surface area contributed by atoms with E-state index in [0.29, 0.717) is 6.42 Å². The van der Waals surface area contributed by atoms with Gasteiger partial charge in [0.2, 0.25) is 0 Å². The average Bonchev–Trinajstić information content (AvgIpc) is 2.43. The zero-order chi connectivity index (χ0) is 11.3. The van der Waals surface area contributed by atoms with Gasteiger partial charge < -0.3 is 4.74 Å². The molecule has 3 aliphatic heterocycles. The highest BCUT2D eigenvalue weighted by atomic mass is 32.2. The molecule has 0 N–H and O–H groups in total. The molecule has 2 bridgehead atoms. The lowest BCUT2D eigenvalue weighted by Gasteiger charge is -2.33. The number of fused-ring (bicyclic) bond motifs is 1. The molecule has 0 aromatic heterocycles. The first-order valence-corrected chi connectivity index (χ1v) is 6.90. The highest BCUT2D eigenvalue weighted by molar-refractivity contribution is 7.88. The van der Waals surface area contributed by atoms with Crippen LogP contribution in [0, 0.1) is 0 Å². The zero-order valence-corrected chi connectivity index (χ0v) is 10.6. The summed E-state index contributed by atoms with van der Waals surface area (Å²) < 4.78 is 34.1. The summed E-state index contributed by atoms with van der Waals surface area (Å²) in [7, 11) is -3.53. The first-order chi connectivity index (χ1) is 6.66. The van der Waals surface area contributed by atoms with Crippen LogP contribution in [0.3, 0.4) is 0 Å². The normalized spacial score (nSPS) is 65.1. The largest absolute Gasteiger partial charge is 0.363 e. The minimum Gasteiger partial charge on any atom is -0.363 e. The molecule has 4 nitrogen and oxygen atoms in total. The number of ether oxygens (including phenoxy) is 1. The van der Waals surface area contributed by atoms with E-state index in [1.807, 2.05) is 13.8 Å². The van der Waals surface area contributed by atoms with Crippen molar-refractivity contribution in [2.75, 3.05) is 0 Å². The summed E-state index contributed by atoms with van der Waals surface area (Å²) in [6.45, 7) is 5.45. The van der Waals surface area contributed by atoms with Crippen molar-refractivity contribution in [3.63, 3.8) is 0 Å². The molecule has 3 fully saturated rings. The number of thiol groups is 1. The summed E-state index contributed by atoms with van der Waals surface area (Å²) in [6, 6.07) is 0. The van der Waals surface area contributed by atoms with E-state index in [0.717, 1.165) is 0 Å². The van der Waals surface area contributed by atoms with Crippen LogP contribution >= 0.6 is 12.6 Å². The molecule has 86 valence electrons. The smallest absolute Gasteiger partial charge is 0.276 e. The second-order valence-electron chi connectivity index (χ2n) is 5.35. The SMILES string of the molecule is CC12CC3(C)C(C)(O1)C(OS3(=O)=O)C2S. The summed E-state index contributed by atoms with van der Waals surface area (Å²) >= 11 is 4.44. The number of hydrogen-bond donors (Lipinski definition) is 1. The third-order valence-electron chi connectivity index (χ3n) is 4.42. The molecule has 0 radical (unpaired) electrons. The Morgan fingerprint density at radius 3 is 2.40 bits per heavy atom. The molecule has 0 amide bonds. The van der Waals surface area contributed by atoms with Crippen LogP contribution in [0.2, 0.25) is 0 Å². The van der Waals surface area contributed by atoms with Gasteiger partial charge in [-0.3, -0.25) is 4.18 Å². The molecular formula is C9H14O4S2. The van der Waals surface area contributed by atoms with Crippen molar-refractivity contribution in [3.05, 3.63) is 0 Å². The number of rotatable bonds is 0. The predicted octanol–water partition coefficient (Wildman–Crippen LogP) is 0.723. The van der Waals surface area contributed by atoms with Crippen molar-refractivity contribution in [2.24, 2.45) is 0 Å². The Morgan fingerprint density at radius 2 is 1.93 bits per heavy atom. The van der Waals surface area contributed by atoms with Crippen LogP contribution in [0.1, 0.15) is 27.2 Å². The molecular weight excluding hydrogens is 236 g/mol. The molecule has 15 heavy (non-hydrogen) atoms. The van der Waals surface area contributed by atoms with Crippen molar-refractivity contribution < 1.29 is 17.3 Å². The van der Waals surface area contributed by atoms with Gasteiger partial charge in [-0.25, -0.2) is 0 Å². The lowest BCUT2D eigenvalue weighted by molar-refractivity contribution is -0.0460. The van der Waals surface area contributed by atoms with Crippen LogP contribution in [-0.2, 0) is 19.0 Å². The van der Waals surface area contributed by atoms with Gasteiger partial charge >= 0.3 is 0 Å². The van der Waals surface area contributed by atoms with Gasteiger partial charge in [0.05, 0.1) is 10.9 Å². The quantitative estimate of drug-likeness (QED) is 0.508. The summed E-state index contributed by atoms with van der Waals surface area (Å²) in [5, 5.41) is -0.173. The van der Waals surface area contributed by atoms with Gasteiger partial charge in [0.15, 0.2) is 0 Å². The van der Waals surface area contributed by atoms with Gasteiger partial charge in [-0.05, 0) is 20.8 Å². The highest BCUT2D eigenvalue weighted by Crippen LogP contribution is 2.65. The van der Waals surface area contributed by atoms with E-state index in [4.69, 9.17) is 8.92 Å². The van der Waals surface area contributed by atoms with E-state index < -0.39 is 32.2 Å². The molecule has 0 aliphatic carbocycles. The van der Waals surface area contributed by atoms with Crippen LogP contribution in [0.15, 0.2) is 0 Å². The third kappa shape index (κ3) is 0.809. The Bertz CT molecular complexity index is 447. The van der Waals surface area contributed by atoms with Crippen molar-refractivity contribution in [2.45, 2.75) is 54.5 Å². The minimum atomic E-state index is -3.53. The second kappa shape index (κ2) is 2.25. The van der Waals surface area contributed by atoms with Gasteiger partial charge in [0.25, 0.3) is 10.1 Å². The Hall–Kier alpha value is 0.220. The van der Waals surface area contributed by atoms with Gasteiger partial charge in [0, 0.05) is 6.42 Å². The molecule has 0 aromatic carbocycles. The minimum absolute atomic E-state index is 0.173.